The molecule has 0 aromatic carbocycles. The number of carbonyl (C=O) groups excluding carboxylic acids is 1. The van der Waals surface area contributed by atoms with Crippen LogP contribution in [0.25, 0.3) is 6.08 Å². The largest absolute Gasteiger partial charge is 0.480 e. The van der Waals surface area contributed by atoms with Crippen molar-refractivity contribution in [2.45, 2.75) is 32.2 Å². The van der Waals surface area contributed by atoms with Crippen molar-refractivity contribution < 1.29 is 14.7 Å². The Kier molecular flexibility index (Phi) is 4.37. The first-order chi connectivity index (χ1) is 9.09. The smallest absolute Gasteiger partial charge is 0.326 e. The van der Waals surface area contributed by atoms with Gasteiger partial charge in [-0.15, -0.1) is 11.3 Å². The number of piperidine rings is 1. The molecule has 5 heteroatoms. The van der Waals surface area contributed by atoms with E-state index in [0.29, 0.717) is 13.0 Å². The maximum absolute atomic E-state index is 12.1. The zero-order valence-electron chi connectivity index (χ0n) is 10.8. The highest BCUT2D eigenvalue weighted by Crippen LogP contribution is 2.20. The Morgan fingerprint density at radius 2 is 2.26 bits per heavy atom. The first kappa shape index (κ1) is 13.8. The summed E-state index contributed by atoms with van der Waals surface area (Å²) in [6.07, 6.45) is 5.55. The van der Waals surface area contributed by atoms with Crippen LogP contribution in [0.2, 0.25) is 0 Å². The third-order valence-corrected chi connectivity index (χ3v) is 4.33. The number of hydrogen-bond acceptors (Lipinski definition) is 3. The number of rotatable bonds is 3. The zero-order chi connectivity index (χ0) is 13.8. The molecule has 0 saturated carbocycles. The Labute approximate surface area is 116 Å². The first-order valence-electron chi connectivity index (χ1n) is 6.35. The monoisotopic (exact) mass is 279 g/mol. The molecule has 1 aliphatic heterocycles. The number of aryl methyl sites for hydroxylation is 1. The van der Waals surface area contributed by atoms with Crippen LogP contribution in [0, 0.1) is 6.92 Å². The molecule has 0 unspecified atom stereocenters. The molecular weight excluding hydrogens is 262 g/mol. The predicted molar refractivity (Wildman–Crippen MR) is 75.1 cm³/mol. The lowest BCUT2D eigenvalue weighted by atomic mass is 10.0. The average molecular weight is 279 g/mol. The van der Waals surface area contributed by atoms with Crippen LogP contribution in [0.3, 0.4) is 0 Å². The first-order valence-corrected chi connectivity index (χ1v) is 7.23. The minimum atomic E-state index is -0.909. The van der Waals surface area contributed by atoms with Gasteiger partial charge in [0.05, 0.1) is 0 Å². The minimum Gasteiger partial charge on any atom is -0.480 e. The molecule has 102 valence electrons. The summed E-state index contributed by atoms with van der Waals surface area (Å²) in [5, 5.41) is 11.1. The molecule has 1 aromatic heterocycles. The fourth-order valence-electron chi connectivity index (χ4n) is 2.25. The summed E-state index contributed by atoms with van der Waals surface area (Å²) >= 11 is 1.57. The van der Waals surface area contributed by atoms with E-state index in [-0.39, 0.29) is 5.91 Å². The molecule has 0 bridgehead atoms. The molecule has 2 rings (SSSR count). The van der Waals surface area contributed by atoms with E-state index in [4.69, 9.17) is 5.11 Å². The summed E-state index contributed by atoms with van der Waals surface area (Å²) in [5.41, 5.74) is 1.13. The molecule has 1 N–H and O–H groups in total. The number of hydrogen-bond donors (Lipinski definition) is 1. The van der Waals surface area contributed by atoms with Gasteiger partial charge in [0.25, 0.3) is 0 Å². The predicted octanol–water partition coefficient (Wildman–Crippen LogP) is 2.54. The lowest BCUT2D eigenvalue weighted by Crippen LogP contribution is -2.47. The molecule has 0 aliphatic carbocycles. The molecular formula is C14H17NO3S. The molecule has 1 fully saturated rings. The second kappa shape index (κ2) is 6.02. The molecule has 1 aliphatic rings. The third-order valence-electron chi connectivity index (χ3n) is 3.35. The number of thiophene rings is 1. The number of amides is 1. The van der Waals surface area contributed by atoms with Gasteiger partial charge in [-0.25, -0.2) is 4.79 Å². The van der Waals surface area contributed by atoms with Gasteiger partial charge in [0.1, 0.15) is 6.04 Å². The van der Waals surface area contributed by atoms with Crippen LogP contribution >= 0.6 is 11.3 Å². The summed E-state index contributed by atoms with van der Waals surface area (Å²) in [6, 6.07) is 1.32. The number of carboxylic acids is 1. The summed E-state index contributed by atoms with van der Waals surface area (Å²) in [7, 11) is 0. The van der Waals surface area contributed by atoms with Gasteiger partial charge in [-0.2, -0.15) is 0 Å². The van der Waals surface area contributed by atoms with Crippen LogP contribution in [0.5, 0.6) is 0 Å². The van der Waals surface area contributed by atoms with Crippen molar-refractivity contribution in [2.24, 2.45) is 0 Å². The van der Waals surface area contributed by atoms with E-state index in [0.717, 1.165) is 23.3 Å². The van der Waals surface area contributed by atoms with E-state index in [2.05, 4.69) is 0 Å². The molecule has 0 spiro atoms. The van der Waals surface area contributed by atoms with Crippen molar-refractivity contribution >= 4 is 29.3 Å². The van der Waals surface area contributed by atoms with Crippen molar-refractivity contribution in [1.82, 2.24) is 4.90 Å². The van der Waals surface area contributed by atoms with Crippen LogP contribution in [0.4, 0.5) is 0 Å². The van der Waals surface area contributed by atoms with Gasteiger partial charge in [-0.3, -0.25) is 4.79 Å². The lowest BCUT2D eigenvalue weighted by Gasteiger charge is -2.32. The van der Waals surface area contributed by atoms with Crippen LogP contribution < -0.4 is 0 Å². The topological polar surface area (TPSA) is 57.6 Å². The fraction of sp³-hybridized carbons (Fsp3) is 0.429. The highest BCUT2D eigenvalue weighted by molar-refractivity contribution is 7.11. The van der Waals surface area contributed by atoms with Gasteiger partial charge < -0.3 is 10.0 Å². The quantitative estimate of drug-likeness (QED) is 0.865. The molecule has 1 saturated heterocycles. The number of nitrogens with zero attached hydrogens (tertiary/aromatic N) is 1. The van der Waals surface area contributed by atoms with Gasteiger partial charge in [-0.05, 0) is 49.3 Å². The SMILES string of the molecule is Cc1ccsc1C=CC(=O)N1CCCC[C@@H]1C(=O)O. The van der Waals surface area contributed by atoms with E-state index in [1.54, 1.807) is 17.4 Å². The summed E-state index contributed by atoms with van der Waals surface area (Å²) in [6.45, 7) is 2.52. The van der Waals surface area contributed by atoms with E-state index < -0.39 is 12.0 Å². The Balaban J connectivity index is 2.08. The molecule has 19 heavy (non-hydrogen) atoms. The highest BCUT2D eigenvalue weighted by Gasteiger charge is 2.30. The second-order valence-corrected chi connectivity index (χ2v) is 5.63. The fourth-order valence-corrected chi connectivity index (χ4v) is 3.07. The third kappa shape index (κ3) is 3.23. The number of carboxylic acid groups (broad SMARTS) is 1. The minimum absolute atomic E-state index is 0.208. The Bertz CT molecular complexity index is 507. The molecule has 1 aromatic rings. The normalized spacial score (nSPS) is 19.8. The number of likely N-dealkylation sites (tertiary alicyclic amines) is 1. The van der Waals surface area contributed by atoms with Crippen molar-refractivity contribution in [3.05, 3.63) is 28.0 Å². The van der Waals surface area contributed by atoms with Gasteiger partial charge in [0.15, 0.2) is 0 Å². The highest BCUT2D eigenvalue weighted by atomic mass is 32.1. The molecule has 4 nitrogen and oxygen atoms in total. The molecule has 2 heterocycles. The van der Waals surface area contributed by atoms with Gasteiger partial charge >= 0.3 is 5.97 Å². The van der Waals surface area contributed by atoms with Gasteiger partial charge in [0.2, 0.25) is 5.91 Å². The van der Waals surface area contributed by atoms with Crippen LogP contribution in [-0.4, -0.2) is 34.5 Å². The van der Waals surface area contributed by atoms with Crippen molar-refractivity contribution in [1.29, 1.82) is 0 Å². The molecule has 1 atom stereocenters. The van der Waals surface area contributed by atoms with Crippen LogP contribution in [0.15, 0.2) is 17.5 Å². The maximum Gasteiger partial charge on any atom is 0.326 e. The Morgan fingerprint density at radius 3 is 2.89 bits per heavy atom. The lowest BCUT2D eigenvalue weighted by molar-refractivity contribution is -0.150. The Hall–Kier alpha value is -1.62. The van der Waals surface area contributed by atoms with Gasteiger partial charge in [0, 0.05) is 17.5 Å². The van der Waals surface area contributed by atoms with E-state index >= 15 is 0 Å². The maximum atomic E-state index is 12.1. The van der Waals surface area contributed by atoms with E-state index in [1.807, 2.05) is 18.4 Å². The standard InChI is InChI=1S/C14H17NO3S/c1-10-7-9-19-12(10)5-6-13(16)15-8-3-2-4-11(15)14(17)18/h5-7,9,11H,2-4,8H2,1H3,(H,17,18)/t11-/m1/s1. The van der Waals surface area contributed by atoms with Crippen LogP contribution in [-0.2, 0) is 9.59 Å². The van der Waals surface area contributed by atoms with Crippen molar-refractivity contribution in [3.63, 3.8) is 0 Å². The zero-order valence-corrected chi connectivity index (χ0v) is 11.7. The number of carbonyl (C=O) groups is 2. The Morgan fingerprint density at radius 1 is 1.47 bits per heavy atom. The summed E-state index contributed by atoms with van der Waals surface area (Å²) < 4.78 is 0. The van der Waals surface area contributed by atoms with Crippen molar-refractivity contribution in [2.75, 3.05) is 6.54 Å². The van der Waals surface area contributed by atoms with Gasteiger partial charge in [-0.1, -0.05) is 0 Å². The van der Waals surface area contributed by atoms with E-state index in [1.165, 1.54) is 11.0 Å². The summed E-state index contributed by atoms with van der Waals surface area (Å²) in [4.78, 5) is 25.7. The molecule has 0 radical (unpaired) electrons. The molecule has 1 amide bonds. The van der Waals surface area contributed by atoms with E-state index in [9.17, 15) is 9.59 Å². The van der Waals surface area contributed by atoms with Crippen LogP contribution in [0.1, 0.15) is 29.7 Å². The second-order valence-electron chi connectivity index (χ2n) is 4.68. The number of aliphatic carboxylic acids is 1. The average Bonchev–Trinajstić information content (AvgIpc) is 2.81. The van der Waals surface area contributed by atoms with Crippen molar-refractivity contribution in [3.8, 4) is 0 Å². The summed E-state index contributed by atoms with van der Waals surface area (Å²) in [5.74, 6) is -1.12.